The number of carboxylic acids is 1. The van der Waals surface area contributed by atoms with Gasteiger partial charge in [-0.3, -0.25) is 4.79 Å². The Balaban J connectivity index is 2.28. The zero-order valence-electron chi connectivity index (χ0n) is 14.5. The molecule has 0 atom stereocenters. The Morgan fingerprint density at radius 1 is 1.19 bits per heavy atom. The first-order chi connectivity index (χ1) is 12.8. The molecule has 0 aliphatic rings. The molecule has 0 saturated heterocycles. The van der Waals surface area contributed by atoms with Gasteiger partial charge in [-0.25, -0.2) is 4.79 Å². The van der Waals surface area contributed by atoms with Gasteiger partial charge in [0.1, 0.15) is 18.1 Å². The van der Waals surface area contributed by atoms with Crippen molar-refractivity contribution in [3.8, 4) is 5.75 Å². The lowest BCUT2D eigenvalue weighted by Gasteiger charge is -2.12. The Morgan fingerprint density at radius 2 is 1.78 bits per heavy atom. The van der Waals surface area contributed by atoms with Gasteiger partial charge in [0.25, 0.3) is 5.91 Å². The van der Waals surface area contributed by atoms with E-state index in [0.717, 1.165) is 18.5 Å². The van der Waals surface area contributed by atoms with E-state index in [0.29, 0.717) is 17.7 Å². The van der Waals surface area contributed by atoms with Crippen molar-refractivity contribution in [2.45, 2.75) is 6.92 Å². The van der Waals surface area contributed by atoms with Crippen LogP contribution < -0.4 is 10.1 Å². The van der Waals surface area contributed by atoms with Gasteiger partial charge in [0.05, 0.1) is 7.14 Å². The van der Waals surface area contributed by atoms with E-state index in [1.54, 1.807) is 42.5 Å². The van der Waals surface area contributed by atoms with Gasteiger partial charge in [0.2, 0.25) is 0 Å². The Labute approximate surface area is 184 Å². The zero-order valence-corrected chi connectivity index (χ0v) is 18.8. The lowest BCUT2D eigenvalue weighted by atomic mass is 10.1. The zero-order chi connectivity index (χ0) is 20.0. The summed E-state index contributed by atoms with van der Waals surface area (Å²) < 4.78 is 7.42. The molecule has 140 valence electrons. The fourth-order valence-corrected chi connectivity index (χ4v) is 4.23. The second kappa shape index (κ2) is 9.88. The molecule has 2 aromatic carbocycles. The first-order valence-electron chi connectivity index (χ1n) is 7.85. The minimum Gasteiger partial charge on any atom is -0.487 e. The molecule has 1 amide bonds. The molecule has 5 nitrogen and oxygen atoms in total. The van der Waals surface area contributed by atoms with E-state index in [1.165, 1.54) is 6.08 Å². The Kier molecular flexibility index (Phi) is 7.84. The maximum absolute atomic E-state index is 12.2. The highest BCUT2D eigenvalue weighted by Gasteiger charge is 2.15. The number of aliphatic carboxylic acids is 1. The number of carbonyl (C=O) groups excluding carboxylic acids is 1. The van der Waals surface area contributed by atoms with Crippen molar-refractivity contribution in [3.05, 3.63) is 78.6 Å². The highest BCUT2D eigenvalue weighted by atomic mass is 127. The van der Waals surface area contributed by atoms with Crippen LogP contribution >= 0.6 is 45.2 Å². The lowest BCUT2D eigenvalue weighted by molar-refractivity contribution is -0.132. The monoisotopic (exact) mass is 589 g/mol. The molecule has 0 fully saturated rings. The number of hydrogen-bond donors (Lipinski definition) is 2. The van der Waals surface area contributed by atoms with Crippen molar-refractivity contribution in [2.75, 3.05) is 6.61 Å². The number of hydrogen-bond acceptors (Lipinski definition) is 3. The van der Waals surface area contributed by atoms with E-state index >= 15 is 0 Å². The number of halogens is 2. The lowest BCUT2D eigenvalue weighted by Crippen LogP contribution is -2.27. The van der Waals surface area contributed by atoms with E-state index in [9.17, 15) is 14.7 Å². The molecule has 2 aromatic rings. The summed E-state index contributed by atoms with van der Waals surface area (Å²) in [5.74, 6) is -0.969. The van der Waals surface area contributed by atoms with Gasteiger partial charge in [-0.05, 0) is 93.6 Å². The van der Waals surface area contributed by atoms with Crippen molar-refractivity contribution in [1.82, 2.24) is 5.32 Å². The fourth-order valence-electron chi connectivity index (χ4n) is 2.10. The molecule has 0 aliphatic carbocycles. The Morgan fingerprint density at radius 3 is 2.30 bits per heavy atom. The maximum Gasteiger partial charge on any atom is 0.352 e. The molecule has 0 spiro atoms. The van der Waals surface area contributed by atoms with Crippen LogP contribution in [0.4, 0.5) is 0 Å². The molecular weight excluding hydrogens is 572 g/mol. The van der Waals surface area contributed by atoms with Crippen LogP contribution in [-0.2, 0) is 4.79 Å². The average molecular weight is 589 g/mol. The Hall–Kier alpha value is -1.88. The smallest absolute Gasteiger partial charge is 0.352 e. The Bertz CT molecular complexity index is 884. The van der Waals surface area contributed by atoms with Crippen LogP contribution in [0.5, 0.6) is 5.75 Å². The van der Waals surface area contributed by atoms with Crippen LogP contribution in [0, 0.1) is 7.14 Å². The molecule has 27 heavy (non-hydrogen) atoms. The number of ether oxygens (including phenoxy) is 1. The normalized spacial score (nSPS) is 11.0. The summed E-state index contributed by atoms with van der Waals surface area (Å²) in [7, 11) is 0. The first kappa shape index (κ1) is 21.4. The SMILES string of the molecule is C=C(C)COc1c(I)cc(/C=C(/NC(=O)c2ccccc2)C(=O)O)cc1I. The standard InChI is InChI=1S/C20H17I2NO4/c1-12(2)11-27-18-15(21)8-13(9-16(18)22)10-17(20(25)26)23-19(24)14-6-4-3-5-7-14/h3-10H,1,11H2,2H3,(H,23,24)(H,25,26)/b17-10+. The number of benzene rings is 2. The van der Waals surface area contributed by atoms with Crippen molar-refractivity contribution in [3.63, 3.8) is 0 Å². The van der Waals surface area contributed by atoms with Crippen molar-refractivity contribution in [2.24, 2.45) is 0 Å². The molecule has 0 aromatic heterocycles. The second-order valence-electron chi connectivity index (χ2n) is 5.74. The number of amides is 1. The van der Waals surface area contributed by atoms with Crippen LogP contribution in [0.2, 0.25) is 0 Å². The summed E-state index contributed by atoms with van der Waals surface area (Å²) in [5, 5.41) is 11.9. The van der Waals surface area contributed by atoms with Gasteiger partial charge in [-0.15, -0.1) is 0 Å². The predicted molar refractivity (Wildman–Crippen MR) is 122 cm³/mol. The van der Waals surface area contributed by atoms with E-state index in [1.807, 2.05) is 6.92 Å². The molecule has 0 radical (unpaired) electrons. The second-order valence-corrected chi connectivity index (χ2v) is 8.07. The van der Waals surface area contributed by atoms with E-state index < -0.39 is 11.9 Å². The van der Waals surface area contributed by atoms with Gasteiger partial charge in [0, 0.05) is 5.56 Å². The third kappa shape index (κ3) is 6.35. The number of carboxylic acid groups (broad SMARTS) is 1. The first-order valence-corrected chi connectivity index (χ1v) is 10.0. The van der Waals surface area contributed by atoms with Gasteiger partial charge < -0.3 is 15.2 Å². The average Bonchev–Trinajstić information content (AvgIpc) is 2.60. The molecule has 0 unspecified atom stereocenters. The summed E-state index contributed by atoms with van der Waals surface area (Å²) in [4.78, 5) is 23.8. The fraction of sp³-hybridized carbons (Fsp3) is 0.100. The van der Waals surface area contributed by atoms with Crippen molar-refractivity contribution < 1.29 is 19.4 Å². The number of rotatable bonds is 7. The van der Waals surface area contributed by atoms with E-state index in [2.05, 4.69) is 57.1 Å². The third-order valence-corrected chi connectivity index (χ3v) is 4.91. The predicted octanol–water partition coefficient (Wildman–Crippen LogP) is 4.71. The summed E-state index contributed by atoms with van der Waals surface area (Å²) >= 11 is 4.27. The summed E-state index contributed by atoms with van der Waals surface area (Å²) in [6.45, 7) is 6.11. The minimum atomic E-state index is -1.22. The van der Waals surface area contributed by atoms with Crippen LogP contribution in [0.15, 0.2) is 60.3 Å². The highest BCUT2D eigenvalue weighted by Crippen LogP contribution is 2.30. The van der Waals surface area contributed by atoms with Gasteiger partial charge in [-0.2, -0.15) is 0 Å². The van der Waals surface area contributed by atoms with Gasteiger partial charge in [0.15, 0.2) is 0 Å². The summed E-state index contributed by atoms with van der Waals surface area (Å²) in [6, 6.07) is 12.1. The van der Waals surface area contributed by atoms with Crippen LogP contribution in [0.3, 0.4) is 0 Å². The molecule has 0 heterocycles. The largest absolute Gasteiger partial charge is 0.487 e. The van der Waals surface area contributed by atoms with Crippen LogP contribution in [0.1, 0.15) is 22.8 Å². The molecule has 0 aliphatic heterocycles. The molecular formula is C20H17I2NO4. The summed E-state index contributed by atoms with van der Waals surface area (Å²) in [6.07, 6.45) is 1.43. The van der Waals surface area contributed by atoms with Gasteiger partial charge in [-0.1, -0.05) is 24.8 Å². The molecule has 0 saturated carbocycles. The van der Waals surface area contributed by atoms with E-state index in [-0.39, 0.29) is 5.70 Å². The molecule has 2 N–H and O–H groups in total. The highest BCUT2D eigenvalue weighted by molar-refractivity contribution is 14.1. The van der Waals surface area contributed by atoms with Crippen LogP contribution in [-0.4, -0.2) is 23.6 Å². The summed E-state index contributed by atoms with van der Waals surface area (Å²) in [5.41, 5.74) is 1.74. The van der Waals surface area contributed by atoms with Crippen LogP contribution in [0.25, 0.3) is 6.08 Å². The molecule has 7 heteroatoms. The van der Waals surface area contributed by atoms with Crippen molar-refractivity contribution >= 4 is 63.1 Å². The third-order valence-electron chi connectivity index (χ3n) is 3.31. The van der Waals surface area contributed by atoms with Crippen molar-refractivity contribution in [1.29, 1.82) is 0 Å². The topological polar surface area (TPSA) is 75.6 Å². The quantitative estimate of drug-likeness (QED) is 0.279. The van der Waals surface area contributed by atoms with Gasteiger partial charge >= 0.3 is 5.97 Å². The molecule has 0 bridgehead atoms. The van der Waals surface area contributed by atoms with E-state index in [4.69, 9.17) is 4.74 Å². The molecule has 2 rings (SSSR count). The number of nitrogens with one attached hydrogen (secondary N) is 1. The number of carbonyl (C=O) groups is 2. The minimum absolute atomic E-state index is 0.203. The maximum atomic E-state index is 12.2.